The minimum atomic E-state index is -3.03. The van der Waals surface area contributed by atoms with Crippen molar-refractivity contribution in [2.75, 3.05) is 16.4 Å². The molecule has 0 unspecified atom stereocenters. The van der Waals surface area contributed by atoms with Crippen molar-refractivity contribution in [1.29, 1.82) is 0 Å². The van der Waals surface area contributed by atoms with Crippen LogP contribution >= 0.6 is 11.8 Å². The number of rotatable bonds is 2. The topological polar surface area (TPSA) is 66.8 Å². The van der Waals surface area contributed by atoms with E-state index in [2.05, 4.69) is 4.99 Å². The predicted octanol–water partition coefficient (Wildman–Crippen LogP) is 2.31. The molecule has 1 aromatic rings. The summed E-state index contributed by atoms with van der Waals surface area (Å²) >= 11 is 1.42. The summed E-state index contributed by atoms with van der Waals surface area (Å²) < 4.78 is 24.0. The third kappa shape index (κ3) is 3.04. The van der Waals surface area contributed by atoms with E-state index in [-0.39, 0.29) is 28.7 Å². The Bertz CT molecular complexity index is 787. The van der Waals surface area contributed by atoms with E-state index in [1.165, 1.54) is 11.8 Å². The molecule has 3 rings (SSSR count). The van der Waals surface area contributed by atoms with Gasteiger partial charge in [0.15, 0.2) is 15.0 Å². The lowest BCUT2D eigenvalue weighted by molar-refractivity contribution is -0.117. The lowest BCUT2D eigenvalue weighted by Gasteiger charge is -2.26. The number of fused-ring (bicyclic) bond motifs is 1. The Morgan fingerprint density at radius 1 is 1.35 bits per heavy atom. The molecular formula is C16H20N2O3S2. The molecule has 2 atom stereocenters. The Labute approximate surface area is 141 Å². The number of carbonyl (C=O) groups is 1. The van der Waals surface area contributed by atoms with Crippen LogP contribution < -0.4 is 4.90 Å². The highest BCUT2D eigenvalue weighted by molar-refractivity contribution is 8.16. The van der Waals surface area contributed by atoms with Gasteiger partial charge in [-0.15, -0.1) is 0 Å². The number of thioether (sulfide) groups is 1. The molecule has 7 heteroatoms. The van der Waals surface area contributed by atoms with Gasteiger partial charge in [-0.05, 0) is 31.0 Å². The SMILES string of the molecule is CCC(=O)N=C1S[C@@H]2CS(=O)(=O)C[C@@H]2N1c1cccc(C)c1C. The summed E-state index contributed by atoms with van der Waals surface area (Å²) in [6.45, 7) is 5.82. The van der Waals surface area contributed by atoms with Crippen molar-refractivity contribution in [1.82, 2.24) is 0 Å². The van der Waals surface area contributed by atoms with Crippen LogP contribution in [0, 0.1) is 13.8 Å². The number of aliphatic imine (C=N–C) groups is 1. The van der Waals surface area contributed by atoms with Gasteiger partial charge in [-0.2, -0.15) is 4.99 Å². The predicted molar refractivity (Wildman–Crippen MR) is 94.9 cm³/mol. The standard InChI is InChI=1S/C16H20N2O3S2/c1-4-15(19)17-16-18(12-7-5-6-10(2)11(12)3)13-8-23(20,21)9-14(13)22-16/h5-7,13-14H,4,8-9H2,1-3H3/t13-,14+/m0/s1. The zero-order valence-corrected chi connectivity index (χ0v) is 15.1. The van der Waals surface area contributed by atoms with Gasteiger partial charge >= 0.3 is 0 Å². The van der Waals surface area contributed by atoms with Crippen molar-refractivity contribution < 1.29 is 13.2 Å². The third-order valence-electron chi connectivity index (χ3n) is 4.42. The molecule has 2 aliphatic rings. The third-order valence-corrected chi connectivity index (χ3v) is 7.63. The fraction of sp³-hybridized carbons (Fsp3) is 0.500. The van der Waals surface area contributed by atoms with Gasteiger partial charge in [0.1, 0.15) is 0 Å². The van der Waals surface area contributed by atoms with E-state index in [1.807, 2.05) is 36.9 Å². The van der Waals surface area contributed by atoms with E-state index in [1.54, 1.807) is 6.92 Å². The van der Waals surface area contributed by atoms with Crippen molar-refractivity contribution in [3.8, 4) is 0 Å². The van der Waals surface area contributed by atoms with Crippen molar-refractivity contribution in [2.45, 2.75) is 38.5 Å². The summed E-state index contributed by atoms with van der Waals surface area (Å²) in [6, 6.07) is 5.81. The summed E-state index contributed by atoms with van der Waals surface area (Å²) in [5.41, 5.74) is 3.18. The Kier molecular flexibility index (Phi) is 4.27. The number of benzene rings is 1. The average Bonchev–Trinajstić information content (AvgIpc) is 2.93. The lowest BCUT2D eigenvalue weighted by Crippen LogP contribution is -2.38. The molecule has 124 valence electrons. The monoisotopic (exact) mass is 352 g/mol. The fourth-order valence-corrected chi connectivity index (χ4v) is 6.95. The highest BCUT2D eigenvalue weighted by atomic mass is 32.2. The number of amides is 1. The van der Waals surface area contributed by atoms with Crippen LogP contribution in [0.4, 0.5) is 5.69 Å². The van der Waals surface area contributed by atoms with Crippen LogP contribution in [0.2, 0.25) is 0 Å². The van der Waals surface area contributed by atoms with E-state index in [0.717, 1.165) is 16.8 Å². The maximum absolute atomic E-state index is 12.0. The first kappa shape index (κ1) is 16.5. The van der Waals surface area contributed by atoms with Gasteiger partial charge < -0.3 is 4.90 Å². The van der Waals surface area contributed by atoms with Crippen molar-refractivity contribution >= 4 is 38.4 Å². The van der Waals surface area contributed by atoms with Crippen molar-refractivity contribution in [3.05, 3.63) is 29.3 Å². The molecular weight excluding hydrogens is 332 g/mol. The molecule has 1 amide bonds. The largest absolute Gasteiger partial charge is 0.315 e. The zero-order valence-electron chi connectivity index (χ0n) is 13.4. The van der Waals surface area contributed by atoms with E-state index in [4.69, 9.17) is 0 Å². The Hall–Kier alpha value is -1.34. The maximum Gasteiger partial charge on any atom is 0.247 e. The zero-order chi connectivity index (χ0) is 16.8. The van der Waals surface area contributed by atoms with Crippen molar-refractivity contribution in [2.24, 2.45) is 4.99 Å². The molecule has 0 radical (unpaired) electrons. The highest BCUT2D eigenvalue weighted by Gasteiger charge is 2.49. The second kappa shape index (κ2) is 5.94. The molecule has 2 fully saturated rings. The summed E-state index contributed by atoms with van der Waals surface area (Å²) in [5, 5.41) is 0.582. The van der Waals surface area contributed by atoms with E-state index >= 15 is 0 Å². The Balaban J connectivity index is 2.09. The lowest BCUT2D eigenvalue weighted by atomic mass is 10.1. The van der Waals surface area contributed by atoms with Crippen LogP contribution in [0.3, 0.4) is 0 Å². The first-order valence-electron chi connectivity index (χ1n) is 7.66. The molecule has 0 aliphatic carbocycles. The second-order valence-corrected chi connectivity index (χ2v) is 9.39. The summed E-state index contributed by atoms with van der Waals surface area (Å²) in [4.78, 5) is 18.0. The molecule has 0 aromatic heterocycles. The smallest absolute Gasteiger partial charge is 0.247 e. The average molecular weight is 352 g/mol. The molecule has 0 spiro atoms. The minimum absolute atomic E-state index is 0.0525. The summed E-state index contributed by atoms with van der Waals surface area (Å²) in [5.74, 6) is 0.103. The number of aryl methyl sites for hydroxylation is 1. The van der Waals surface area contributed by atoms with Gasteiger partial charge in [-0.1, -0.05) is 30.8 Å². The number of anilines is 1. The van der Waals surface area contributed by atoms with E-state index < -0.39 is 9.84 Å². The highest BCUT2D eigenvalue weighted by Crippen LogP contribution is 2.42. The quantitative estimate of drug-likeness (QED) is 0.817. The van der Waals surface area contributed by atoms with Crippen LogP contribution in [0.5, 0.6) is 0 Å². The fourth-order valence-electron chi connectivity index (χ4n) is 3.03. The van der Waals surface area contributed by atoms with Crippen LogP contribution in [-0.2, 0) is 14.6 Å². The Morgan fingerprint density at radius 3 is 2.78 bits per heavy atom. The number of carbonyl (C=O) groups excluding carboxylic acids is 1. The van der Waals surface area contributed by atoms with Gasteiger partial charge in [0.25, 0.3) is 0 Å². The van der Waals surface area contributed by atoms with Gasteiger partial charge in [0, 0.05) is 17.4 Å². The van der Waals surface area contributed by atoms with Gasteiger partial charge in [0.05, 0.1) is 17.5 Å². The molecule has 0 saturated carbocycles. The molecule has 1 aromatic carbocycles. The molecule has 5 nitrogen and oxygen atoms in total. The second-order valence-electron chi connectivity index (χ2n) is 6.03. The molecule has 2 heterocycles. The number of nitrogens with zero attached hydrogens (tertiary/aromatic N) is 2. The van der Waals surface area contributed by atoms with Crippen molar-refractivity contribution in [3.63, 3.8) is 0 Å². The van der Waals surface area contributed by atoms with Crippen LogP contribution in [0.25, 0.3) is 0 Å². The van der Waals surface area contributed by atoms with Crippen LogP contribution in [-0.4, -0.2) is 42.3 Å². The Morgan fingerprint density at radius 2 is 2.09 bits per heavy atom. The number of amidine groups is 1. The van der Waals surface area contributed by atoms with Gasteiger partial charge in [-0.25, -0.2) is 8.42 Å². The van der Waals surface area contributed by atoms with Gasteiger partial charge in [0.2, 0.25) is 5.91 Å². The number of hydrogen-bond acceptors (Lipinski definition) is 4. The maximum atomic E-state index is 12.0. The number of sulfone groups is 1. The molecule has 0 N–H and O–H groups in total. The van der Waals surface area contributed by atoms with E-state index in [0.29, 0.717) is 11.6 Å². The molecule has 0 bridgehead atoms. The van der Waals surface area contributed by atoms with Crippen LogP contribution in [0.1, 0.15) is 24.5 Å². The van der Waals surface area contributed by atoms with Crippen LogP contribution in [0.15, 0.2) is 23.2 Å². The number of hydrogen-bond donors (Lipinski definition) is 0. The molecule has 2 saturated heterocycles. The summed E-state index contributed by atoms with van der Waals surface area (Å²) in [7, 11) is -3.03. The minimum Gasteiger partial charge on any atom is -0.315 e. The normalized spacial score (nSPS) is 27.4. The van der Waals surface area contributed by atoms with Gasteiger partial charge in [-0.3, -0.25) is 4.79 Å². The molecule has 2 aliphatic heterocycles. The molecule has 23 heavy (non-hydrogen) atoms. The first-order chi connectivity index (χ1) is 10.8. The van der Waals surface area contributed by atoms with E-state index in [9.17, 15) is 13.2 Å². The summed E-state index contributed by atoms with van der Waals surface area (Å²) in [6.07, 6.45) is 0.346. The first-order valence-corrected chi connectivity index (χ1v) is 10.4.